The van der Waals surface area contributed by atoms with Crippen molar-refractivity contribution >= 4 is 35.6 Å². The van der Waals surface area contributed by atoms with Crippen molar-refractivity contribution in [2.45, 2.75) is 38.8 Å². The molecule has 1 aliphatic rings. The van der Waals surface area contributed by atoms with E-state index >= 15 is 0 Å². The van der Waals surface area contributed by atoms with Crippen molar-refractivity contribution in [2.24, 2.45) is 4.99 Å². The highest BCUT2D eigenvalue weighted by Crippen LogP contribution is 2.10. The maximum atomic E-state index is 9.62. The Morgan fingerprint density at radius 3 is 2.45 bits per heavy atom. The van der Waals surface area contributed by atoms with Gasteiger partial charge in [-0.1, -0.05) is 48.0 Å². The number of piperidine rings is 1. The molecule has 1 fully saturated rings. The number of para-hydroxylation sites is 1. The lowest BCUT2D eigenvalue weighted by Crippen LogP contribution is -2.38. The van der Waals surface area contributed by atoms with Gasteiger partial charge in [0.2, 0.25) is 0 Å². The fraction of sp³-hybridized carbons (Fsp3) is 0.435. The predicted octanol–water partition coefficient (Wildman–Crippen LogP) is 4.02. The number of aliphatic imine (C=N–C) groups is 1. The number of nitrogens with one attached hydrogen (secondary N) is 2. The highest BCUT2D eigenvalue weighted by Gasteiger charge is 2.16. The summed E-state index contributed by atoms with van der Waals surface area (Å²) in [6.45, 7) is 6.66. The summed E-state index contributed by atoms with van der Waals surface area (Å²) in [6.07, 6.45) is 2.74. The summed E-state index contributed by atoms with van der Waals surface area (Å²) < 4.78 is 0. The van der Waals surface area contributed by atoms with Crippen molar-refractivity contribution in [1.82, 2.24) is 10.2 Å². The van der Waals surface area contributed by atoms with Crippen LogP contribution < -0.4 is 10.6 Å². The van der Waals surface area contributed by atoms with E-state index in [4.69, 9.17) is 4.99 Å². The Morgan fingerprint density at radius 2 is 1.76 bits per heavy atom. The summed E-state index contributed by atoms with van der Waals surface area (Å²) in [5, 5.41) is 16.5. The van der Waals surface area contributed by atoms with E-state index in [2.05, 4.69) is 46.7 Å². The number of guanidine groups is 1. The number of anilines is 1. The van der Waals surface area contributed by atoms with Gasteiger partial charge in [0, 0.05) is 25.3 Å². The summed E-state index contributed by atoms with van der Waals surface area (Å²) >= 11 is 0. The number of halogens is 1. The van der Waals surface area contributed by atoms with Crippen LogP contribution in [0.3, 0.4) is 0 Å². The van der Waals surface area contributed by atoms with Gasteiger partial charge in [-0.05, 0) is 50.4 Å². The molecule has 2 aromatic rings. The first kappa shape index (κ1) is 23.6. The number of hydrogen-bond donors (Lipinski definition) is 3. The second-order valence-electron chi connectivity index (χ2n) is 7.49. The number of hydrogen-bond acceptors (Lipinski definition) is 3. The highest BCUT2D eigenvalue weighted by atomic mass is 127. The molecule has 3 rings (SSSR count). The Labute approximate surface area is 191 Å². The third kappa shape index (κ3) is 8.72. The van der Waals surface area contributed by atoms with Crippen LogP contribution in [0.15, 0.2) is 59.6 Å². The van der Waals surface area contributed by atoms with Gasteiger partial charge in [-0.3, -0.25) is 0 Å². The molecule has 0 bridgehead atoms. The van der Waals surface area contributed by atoms with E-state index in [-0.39, 0.29) is 30.1 Å². The lowest BCUT2D eigenvalue weighted by Gasteiger charge is -2.29. The average Bonchev–Trinajstić information content (AvgIpc) is 2.72. The molecule has 6 heteroatoms. The van der Waals surface area contributed by atoms with Crippen molar-refractivity contribution < 1.29 is 5.11 Å². The van der Waals surface area contributed by atoms with Gasteiger partial charge < -0.3 is 20.6 Å². The third-order valence-corrected chi connectivity index (χ3v) is 5.08. The molecule has 2 aromatic carbocycles. The molecule has 5 nitrogen and oxygen atoms in total. The minimum Gasteiger partial charge on any atom is -0.393 e. The second kappa shape index (κ2) is 12.8. The van der Waals surface area contributed by atoms with E-state index in [0.717, 1.165) is 57.1 Å². The van der Waals surface area contributed by atoms with Gasteiger partial charge in [-0.2, -0.15) is 0 Å². The molecule has 0 aliphatic carbocycles. The minimum absolute atomic E-state index is 0. The summed E-state index contributed by atoms with van der Waals surface area (Å²) in [5.74, 6) is 0.806. The van der Waals surface area contributed by atoms with Gasteiger partial charge in [0.25, 0.3) is 0 Å². The van der Waals surface area contributed by atoms with Crippen LogP contribution in [-0.2, 0) is 6.54 Å². The van der Waals surface area contributed by atoms with Crippen LogP contribution in [-0.4, -0.2) is 48.2 Å². The van der Waals surface area contributed by atoms with Gasteiger partial charge in [-0.15, -0.1) is 24.0 Å². The van der Waals surface area contributed by atoms with E-state index in [1.54, 1.807) is 0 Å². The lowest BCUT2D eigenvalue weighted by molar-refractivity contribution is 0.0823. The number of benzene rings is 2. The molecule has 0 radical (unpaired) electrons. The molecule has 0 amide bonds. The average molecular weight is 508 g/mol. The highest BCUT2D eigenvalue weighted by molar-refractivity contribution is 14.0. The van der Waals surface area contributed by atoms with Crippen LogP contribution in [0.5, 0.6) is 0 Å². The standard InChI is InChI=1S/C23H32N4O.HI/c1-19-8-10-20(11-9-19)18-25-23(26-21-6-3-2-4-7-21)24-14-5-15-27-16-12-22(28)13-17-27;/h2-4,6-11,22,28H,5,12-18H2,1H3,(H2,24,25,26);1H. The zero-order chi connectivity index (χ0) is 19.6. The van der Waals surface area contributed by atoms with Crippen molar-refractivity contribution in [3.63, 3.8) is 0 Å². The molecule has 3 N–H and O–H groups in total. The van der Waals surface area contributed by atoms with E-state index in [1.165, 1.54) is 11.1 Å². The number of aryl methyl sites for hydroxylation is 1. The van der Waals surface area contributed by atoms with Crippen LogP contribution in [0.4, 0.5) is 5.69 Å². The summed E-state index contributed by atoms with van der Waals surface area (Å²) in [6, 6.07) is 18.6. The number of likely N-dealkylation sites (tertiary alicyclic amines) is 1. The molecule has 29 heavy (non-hydrogen) atoms. The van der Waals surface area contributed by atoms with Gasteiger partial charge in [0.1, 0.15) is 0 Å². The monoisotopic (exact) mass is 508 g/mol. The SMILES string of the molecule is Cc1ccc(CN=C(NCCCN2CCC(O)CC2)Nc2ccccc2)cc1.I. The first-order chi connectivity index (χ1) is 13.7. The molecule has 0 unspecified atom stereocenters. The van der Waals surface area contributed by atoms with Crippen LogP contribution in [0.2, 0.25) is 0 Å². The molecule has 1 aliphatic heterocycles. The molecule has 158 valence electrons. The fourth-order valence-electron chi connectivity index (χ4n) is 3.31. The first-order valence-corrected chi connectivity index (χ1v) is 10.3. The Bertz CT molecular complexity index is 728. The Kier molecular flexibility index (Phi) is 10.5. The molecular weight excluding hydrogens is 475 g/mol. The summed E-state index contributed by atoms with van der Waals surface area (Å²) in [5.41, 5.74) is 3.49. The van der Waals surface area contributed by atoms with Gasteiger partial charge in [-0.25, -0.2) is 4.99 Å². The van der Waals surface area contributed by atoms with Crippen molar-refractivity contribution in [2.75, 3.05) is 31.5 Å². The fourth-order valence-corrected chi connectivity index (χ4v) is 3.31. The van der Waals surface area contributed by atoms with Crippen LogP contribution >= 0.6 is 24.0 Å². The van der Waals surface area contributed by atoms with Crippen LogP contribution in [0.1, 0.15) is 30.4 Å². The van der Waals surface area contributed by atoms with E-state index < -0.39 is 0 Å². The Hall–Kier alpha value is -1.64. The number of rotatable bonds is 7. The lowest BCUT2D eigenvalue weighted by atomic mass is 10.1. The summed E-state index contributed by atoms with van der Waals surface area (Å²) in [4.78, 5) is 7.19. The Balaban J connectivity index is 0.00000300. The predicted molar refractivity (Wildman–Crippen MR) is 132 cm³/mol. The van der Waals surface area contributed by atoms with Crippen LogP contribution in [0.25, 0.3) is 0 Å². The molecule has 0 atom stereocenters. The van der Waals surface area contributed by atoms with E-state index in [9.17, 15) is 5.11 Å². The van der Waals surface area contributed by atoms with Gasteiger partial charge >= 0.3 is 0 Å². The van der Waals surface area contributed by atoms with Crippen molar-refractivity contribution in [1.29, 1.82) is 0 Å². The minimum atomic E-state index is -0.107. The maximum absolute atomic E-state index is 9.62. The molecule has 0 spiro atoms. The van der Waals surface area contributed by atoms with Crippen LogP contribution in [0, 0.1) is 6.92 Å². The van der Waals surface area contributed by atoms with Gasteiger partial charge in [0.05, 0.1) is 12.6 Å². The smallest absolute Gasteiger partial charge is 0.196 e. The van der Waals surface area contributed by atoms with Gasteiger partial charge in [0.15, 0.2) is 5.96 Å². The summed E-state index contributed by atoms with van der Waals surface area (Å²) in [7, 11) is 0. The molecule has 0 aromatic heterocycles. The molecule has 0 saturated carbocycles. The van der Waals surface area contributed by atoms with Crippen molar-refractivity contribution in [3.8, 4) is 0 Å². The number of aliphatic hydroxyl groups excluding tert-OH is 1. The number of aliphatic hydroxyl groups is 1. The normalized spacial score (nSPS) is 15.6. The second-order valence-corrected chi connectivity index (χ2v) is 7.49. The topological polar surface area (TPSA) is 59.9 Å². The zero-order valence-electron chi connectivity index (χ0n) is 17.2. The zero-order valence-corrected chi connectivity index (χ0v) is 19.5. The Morgan fingerprint density at radius 1 is 1.07 bits per heavy atom. The molecular formula is C23H33IN4O. The quantitative estimate of drug-likeness (QED) is 0.229. The first-order valence-electron chi connectivity index (χ1n) is 10.3. The number of nitrogens with zero attached hydrogens (tertiary/aromatic N) is 2. The third-order valence-electron chi connectivity index (χ3n) is 5.08. The van der Waals surface area contributed by atoms with E-state index in [1.807, 2.05) is 30.3 Å². The van der Waals surface area contributed by atoms with E-state index in [0.29, 0.717) is 6.54 Å². The van der Waals surface area contributed by atoms with Crippen molar-refractivity contribution in [3.05, 3.63) is 65.7 Å². The largest absolute Gasteiger partial charge is 0.393 e. The molecule has 1 heterocycles. The maximum Gasteiger partial charge on any atom is 0.196 e. The molecule has 1 saturated heterocycles.